The fourth-order valence-corrected chi connectivity index (χ4v) is 2.51. The first-order valence-corrected chi connectivity index (χ1v) is 9.16. The zero-order valence-corrected chi connectivity index (χ0v) is 17.1. The molecule has 2 aromatic carbocycles. The zero-order valence-electron chi connectivity index (χ0n) is 17.1. The second-order valence-electron chi connectivity index (χ2n) is 7.35. The summed E-state index contributed by atoms with van der Waals surface area (Å²) in [5.41, 5.74) is 1.13. The fraction of sp³-hybridized carbons (Fsp3) is 0.381. The molecule has 0 spiro atoms. The Labute approximate surface area is 169 Å². The molecule has 156 valence electrons. The average molecular weight is 402 g/mol. The molecular weight excluding hydrogens is 376 g/mol. The van der Waals surface area contributed by atoms with E-state index in [2.05, 4.69) is 26.1 Å². The molecule has 2 aromatic rings. The van der Waals surface area contributed by atoms with E-state index in [-0.39, 0.29) is 29.4 Å². The van der Waals surface area contributed by atoms with Gasteiger partial charge in [0.1, 0.15) is 18.1 Å². The van der Waals surface area contributed by atoms with Crippen molar-refractivity contribution in [3.8, 4) is 17.2 Å². The number of methoxy groups -OCH3 is 1. The van der Waals surface area contributed by atoms with Gasteiger partial charge in [-0.2, -0.15) is 0 Å². The van der Waals surface area contributed by atoms with Crippen LogP contribution in [0.3, 0.4) is 0 Å². The number of hydrogen-bond acceptors (Lipinski definition) is 6. The van der Waals surface area contributed by atoms with Crippen LogP contribution in [0, 0.1) is 10.1 Å². The van der Waals surface area contributed by atoms with Crippen LogP contribution in [-0.4, -0.2) is 37.7 Å². The van der Waals surface area contributed by atoms with Gasteiger partial charge in [-0.25, -0.2) is 0 Å². The van der Waals surface area contributed by atoms with Gasteiger partial charge in [0.15, 0.2) is 6.61 Å². The molecule has 1 amide bonds. The SMILES string of the molecule is COc1cc(OCC(=O)NCCOc2ccc(C(C)(C)C)cc2)ccc1[N+](=O)[O-]. The van der Waals surface area contributed by atoms with Crippen molar-refractivity contribution in [3.63, 3.8) is 0 Å². The van der Waals surface area contributed by atoms with Crippen LogP contribution in [0.4, 0.5) is 5.69 Å². The summed E-state index contributed by atoms with van der Waals surface area (Å²) in [6.07, 6.45) is 0. The molecule has 0 aliphatic rings. The van der Waals surface area contributed by atoms with Crippen molar-refractivity contribution in [3.05, 3.63) is 58.1 Å². The van der Waals surface area contributed by atoms with E-state index in [0.29, 0.717) is 18.9 Å². The molecule has 29 heavy (non-hydrogen) atoms. The van der Waals surface area contributed by atoms with Crippen molar-refractivity contribution in [2.45, 2.75) is 26.2 Å². The highest BCUT2D eigenvalue weighted by Gasteiger charge is 2.16. The topological polar surface area (TPSA) is 99.9 Å². The first kappa shape index (κ1) is 22.0. The van der Waals surface area contributed by atoms with Gasteiger partial charge in [-0.15, -0.1) is 0 Å². The molecule has 2 rings (SSSR count). The van der Waals surface area contributed by atoms with Gasteiger partial charge in [0.05, 0.1) is 18.6 Å². The minimum absolute atomic E-state index is 0.0683. The third kappa shape index (κ3) is 6.67. The Morgan fingerprint density at radius 3 is 2.31 bits per heavy atom. The standard InChI is InChI=1S/C21H26N2O6/c1-21(2,3)15-5-7-16(8-6-15)28-12-11-22-20(24)14-29-17-9-10-18(23(25)26)19(13-17)27-4/h5-10,13H,11-12,14H2,1-4H3,(H,22,24). The lowest BCUT2D eigenvalue weighted by Crippen LogP contribution is -2.32. The summed E-state index contributed by atoms with van der Waals surface area (Å²) in [4.78, 5) is 22.2. The van der Waals surface area contributed by atoms with Crippen molar-refractivity contribution in [1.29, 1.82) is 0 Å². The van der Waals surface area contributed by atoms with Crippen LogP contribution in [0.15, 0.2) is 42.5 Å². The molecule has 0 aliphatic heterocycles. The molecule has 0 bridgehead atoms. The molecule has 1 N–H and O–H groups in total. The first-order chi connectivity index (χ1) is 13.7. The molecule has 0 aromatic heterocycles. The Morgan fingerprint density at radius 1 is 1.07 bits per heavy atom. The van der Waals surface area contributed by atoms with Crippen LogP contribution in [-0.2, 0) is 10.2 Å². The van der Waals surface area contributed by atoms with E-state index in [9.17, 15) is 14.9 Å². The summed E-state index contributed by atoms with van der Waals surface area (Å²) in [7, 11) is 1.33. The highest BCUT2D eigenvalue weighted by molar-refractivity contribution is 5.77. The van der Waals surface area contributed by atoms with E-state index < -0.39 is 4.92 Å². The Bertz CT molecular complexity index is 843. The van der Waals surface area contributed by atoms with Gasteiger partial charge in [0.2, 0.25) is 5.75 Å². The highest BCUT2D eigenvalue weighted by atomic mass is 16.6. The van der Waals surface area contributed by atoms with E-state index in [4.69, 9.17) is 14.2 Å². The number of ether oxygens (including phenoxy) is 3. The number of rotatable bonds is 9. The third-order valence-corrected chi connectivity index (χ3v) is 4.13. The van der Waals surface area contributed by atoms with Crippen LogP contribution in [0.2, 0.25) is 0 Å². The van der Waals surface area contributed by atoms with E-state index in [1.165, 1.54) is 30.9 Å². The number of benzene rings is 2. The van der Waals surface area contributed by atoms with Crippen LogP contribution in [0.25, 0.3) is 0 Å². The second-order valence-corrected chi connectivity index (χ2v) is 7.35. The number of carbonyl (C=O) groups excluding carboxylic acids is 1. The summed E-state index contributed by atoms with van der Waals surface area (Å²) in [6, 6.07) is 11.9. The van der Waals surface area contributed by atoms with Crippen molar-refractivity contribution in [1.82, 2.24) is 5.32 Å². The number of nitrogens with one attached hydrogen (secondary N) is 1. The lowest BCUT2D eigenvalue weighted by Gasteiger charge is -2.19. The Balaban J connectivity index is 1.73. The maximum atomic E-state index is 11.9. The summed E-state index contributed by atoms with van der Waals surface area (Å²) in [5, 5.41) is 13.6. The van der Waals surface area contributed by atoms with E-state index in [1.54, 1.807) is 0 Å². The maximum absolute atomic E-state index is 11.9. The van der Waals surface area contributed by atoms with Crippen LogP contribution >= 0.6 is 0 Å². The van der Waals surface area contributed by atoms with Gasteiger partial charge in [-0.3, -0.25) is 14.9 Å². The molecule has 0 fully saturated rings. The highest BCUT2D eigenvalue weighted by Crippen LogP contribution is 2.30. The molecule has 0 unspecified atom stereocenters. The molecule has 0 heterocycles. The Morgan fingerprint density at radius 2 is 1.72 bits per heavy atom. The molecule has 0 radical (unpaired) electrons. The maximum Gasteiger partial charge on any atom is 0.311 e. The number of hydrogen-bond donors (Lipinski definition) is 1. The summed E-state index contributed by atoms with van der Waals surface area (Å²) >= 11 is 0. The molecule has 0 saturated carbocycles. The van der Waals surface area contributed by atoms with Gasteiger partial charge in [-0.1, -0.05) is 32.9 Å². The van der Waals surface area contributed by atoms with E-state index in [0.717, 1.165) is 5.75 Å². The van der Waals surface area contributed by atoms with E-state index in [1.807, 2.05) is 24.3 Å². The summed E-state index contributed by atoms with van der Waals surface area (Å²) in [5.74, 6) is 0.784. The number of carbonyl (C=O) groups is 1. The van der Waals surface area contributed by atoms with Gasteiger partial charge in [0.25, 0.3) is 5.91 Å². The molecule has 8 nitrogen and oxygen atoms in total. The predicted octanol–water partition coefficient (Wildman–Crippen LogP) is 3.47. The third-order valence-electron chi connectivity index (χ3n) is 4.13. The van der Waals surface area contributed by atoms with Crippen molar-refractivity contribution < 1.29 is 23.9 Å². The lowest BCUT2D eigenvalue weighted by molar-refractivity contribution is -0.385. The Hall–Kier alpha value is -3.29. The molecule has 0 aliphatic carbocycles. The number of nitro benzene ring substituents is 1. The minimum Gasteiger partial charge on any atom is -0.492 e. The fourth-order valence-electron chi connectivity index (χ4n) is 2.51. The zero-order chi connectivity index (χ0) is 21.4. The Kier molecular flexibility index (Phi) is 7.41. The van der Waals surface area contributed by atoms with Gasteiger partial charge >= 0.3 is 5.69 Å². The quantitative estimate of drug-likeness (QED) is 0.392. The molecule has 0 saturated heterocycles. The van der Waals surface area contributed by atoms with Gasteiger partial charge in [0, 0.05) is 12.1 Å². The molecular formula is C21H26N2O6. The summed E-state index contributed by atoms with van der Waals surface area (Å²) < 4.78 is 15.9. The van der Waals surface area contributed by atoms with Gasteiger partial charge in [-0.05, 0) is 29.2 Å². The minimum atomic E-state index is -0.550. The van der Waals surface area contributed by atoms with Gasteiger partial charge < -0.3 is 19.5 Å². The number of nitro groups is 1. The average Bonchev–Trinajstić information content (AvgIpc) is 2.69. The van der Waals surface area contributed by atoms with Crippen molar-refractivity contribution >= 4 is 11.6 Å². The van der Waals surface area contributed by atoms with Crippen molar-refractivity contribution in [2.24, 2.45) is 0 Å². The number of amides is 1. The predicted molar refractivity (Wildman–Crippen MR) is 109 cm³/mol. The summed E-state index contributed by atoms with van der Waals surface area (Å²) in [6.45, 7) is 6.87. The van der Waals surface area contributed by atoms with Crippen LogP contribution in [0.5, 0.6) is 17.2 Å². The first-order valence-electron chi connectivity index (χ1n) is 9.16. The lowest BCUT2D eigenvalue weighted by atomic mass is 9.87. The second kappa shape index (κ2) is 9.77. The monoisotopic (exact) mass is 402 g/mol. The normalized spacial score (nSPS) is 10.9. The van der Waals surface area contributed by atoms with E-state index >= 15 is 0 Å². The number of nitrogens with zero attached hydrogens (tertiary/aromatic N) is 1. The van der Waals surface area contributed by atoms with Crippen molar-refractivity contribution in [2.75, 3.05) is 26.9 Å². The molecule has 0 atom stereocenters. The largest absolute Gasteiger partial charge is 0.492 e. The smallest absolute Gasteiger partial charge is 0.311 e. The van der Waals surface area contributed by atoms with Crippen LogP contribution < -0.4 is 19.5 Å². The molecule has 8 heteroatoms. The van der Waals surface area contributed by atoms with Crippen LogP contribution in [0.1, 0.15) is 26.3 Å².